The first-order chi connectivity index (χ1) is 17.0. The predicted octanol–water partition coefficient (Wildman–Crippen LogP) is 3.39. The average molecular weight is 494 g/mol. The average Bonchev–Trinajstić information content (AvgIpc) is 2.80. The van der Waals surface area contributed by atoms with Crippen LogP contribution in [-0.4, -0.2) is 25.9 Å². The number of nitrogens with zero attached hydrogens (tertiary/aromatic N) is 3. The molecule has 0 aliphatic rings. The summed E-state index contributed by atoms with van der Waals surface area (Å²) in [5.41, 5.74) is -0.562. The molecule has 2 heterocycles. The van der Waals surface area contributed by atoms with Crippen LogP contribution >= 0.6 is 0 Å². The molecule has 0 spiro atoms. The van der Waals surface area contributed by atoms with Gasteiger partial charge in [0.05, 0.1) is 23.9 Å². The largest absolute Gasteiger partial charge is 0.392 e. The van der Waals surface area contributed by atoms with Gasteiger partial charge in [-0.25, -0.2) is 8.78 Å². The minimum atomic E-state index is -0.819. The van der Waals surface area contributed by atoms with Crippen LogP contribution in [0.2, 0.25) is 0 Å². The molecule has 0 unspecified atom stereocenters. The molecule has 186 valence electrons. The molecule has 0 atom stereocenters. The lowest BCUT2D eigenvalue weighted by Gasteiger charge is -2.20. The number of amides is 1. The maximum absolute atomic E-state index is 15.1. The first-order valence-corrected chi connectivity index (χ1v) is 11.0. The van der Waals surface area contributed by atoms with Crippen LogP contribution in [-0.2, 0) is 23.9 Å². The number of aliphatic hydroxyl groups is 1. The third-order valence-corrected chi connectivity index (χ3v) is 5.99. The maximum atomic E-state index is 15.1. The summed E-state index contributed by atoms with van der Waals surface area (Å²) in [5, 5.41) is 16.7. The number of carbonyl (C=O) groups is 1. The van der Waals surface area contributed by atoms with Gasteiger partial charge in [0.2, 0.25) is 6.41 Å². The molecule has 2 aromatic heterocycles. The molecule has 0 radical (unpaired) electrons. The summed E-state index contributed by atoms with van der Waals surface area (Å²) < 4.78 is 32.0. The smallest absolute Gasteiger partial charge is 0.282 e. The van der Waals surface area contributed by atoms with E-state index in [2.05, 4.69) is 10.4 Å². The van der Waals surface area contributed by atoms with E-state index in [9.17, 15) is 23.9 Å². The van der Waals surface area contributed by atoms with Crippen molar-refractivity contribution in [3.05, 3.63) is 86.2 Å². The number of aliphatic hydroxyl groups excluding tert-OH is 1. The SMILES string of the molecule is Cn1cc(-c2cc(F)cc(-n3ncc4cc(C(C)(C)C)cc(F)c4c3=O)c2CO)cc(NC=O)c1=O. The Kier molecular flexibility index (Phi) is 6.32. The van der Waals surface area contributed by atoms with Crippen LogP contribution in [0.4, 0.5) is 14.5 Å². The van der Waals surface area contributed by atoms with Gasteiger partial charge < -0.3 is 15.0 Å². The Morgan fingerprint density at radius 1 is 1.08 bits per heavy atom. The van der Waals surface area contributed by atoms with Crippen molar-refractivity contribution in [2.45, 2.75) is 32.8 Å². The summed E-state index contributed by atoms with van der Waals surface area (Å²) in [4.78, 5) is 36.5. The molecule has 1 amide bonds. The monoisotopic (exact) mass is 494 g/mol. The van der Waals surface area contributed by atoms with Crippen LogP contribution in [0.3, 0.4) is 0 Å². The topological polar surface area (TPSA) is 106 Å². The molecular weight excluding hydrogens is 470 g/mol. The highest BCUT2D eigenvalue weighted by Crippen LogP contribution is 2.31. The fraction of sp³-hybridized carbons (Fsp3) is 0.231. The number of benzene rings is 2. The van der Waals surface area contributed by atoms with E-state index in [4.69, 9.17) is 0 Å². The highest BCUT2D eigenvalue weighted by molar-refractivity contribution is 5.83. The lowest BCUT2D eigenvalue weighted by atomic mass is 9.86. The Labute approximate surface area is 204 Å². The minimum absolute atomic E-state index is 0.0579. The van der Waals surface area contributed by atoms with Gasteiger partial charge in [-0.05, 0) is 40.8 Å². The van der Waals surface area contributed by atoms with E-state index in [0.29, 0.717) is 22.9 Å². The quantitative estimate of drug-likeness (QED) is 0.414. The first kappa shape index (κ1) is 24.9. The summed E-state index contributed by atoms with van der Waals surface area (Å²) in [6, 6.07) is 6.46. The van der Waals surface area contributed by atoms with Gasteiger partial charge in [0.15, 0.2) is 0 Å². The van der Waals surface area contributed by atoms with E-state index in [-0.39, 0.29) is 33.3 Å². The number of rotatable bonds is 5. The summed E-state index contributed by atoms with van der Waals surface area (Å²) >= 11 is 0. The van der Waals surface area contributed by atoms with Crippen LogP contribution in [0.25, 0.3) is 27.6 Å². The molecule has 0 saturated heterocycles. The molecular formula is C26H24F2N4O4. The lowest BCUT2D eigenvalue weighted by molar-refractivity contribution is -0.105. The zero-order valence-electron chi connectivity index (χ0n) is 20.1. The van der Waals surface area contributed by atoms with Crippen molar-refractivity contribution >= 4 is 22.9 Å². The second-order valence-corrected chi connectivity index (χ2v) is 9.46. The molecule has 4 aromatic rings. The zero-order valence-corrected chi connectivity index (χ0v) is 20.1. The molecule has 0 saturated carbocycles. The van der Waals surface area contributed by atoms with Crippen molar-refractivity contribution in [1.82, 2.24) is 14.3 Å². The van der Waals surface area contributed by atoms with Crippen molar-refractivity contribution in [3.8, 4) is 16.8 Å². The van der Waals surface area contributed by atoms with E-state index >= 15 is 4.39 Å². The van der Waals surface area contributed by atoms with E-state index in [1.165, 1.54) is 36.1 Å². The maximum Gasteiger partial charge on any atom is 0.282 e. The highest BCUT2D eigenvalue weighted by Gasteiger charge is 2.21. The number of nitrogens with one attached hydrogen (secondary N) is 1. The molecule has 36 heavy (non-hydrogen) atoms. The summed E-state index contributed by atoms with van der Waals surface area (Å²) in [6.07, 6.45) is 3.06. The van der Waals surface area contributed by atoms with Gasteiger partial charge in [0.25, 0.3) is 11.1 Å². The molecule has 2 N–H and O–H groups in total. The van der Waals surface area contributed by atoms with Gasteiger partial charge in [0, 0.05) is 35.8 Å². The normalized spacial score (nSPS) is 11.6. The predicted molar refractivity (Wildman–Crippen MR) is 132 cm³/mol. The summed E-state index contributed by atoms with van der Waals surface area (Å²) in [5.74, 6) is -1.49. The number of carbonyl (C=O) groups excluding carboxylic acids is 1. The molecule has 0 fully saturated rings. The first-order valence-electron chi connectivity index (χ1n) is 11.0. The number of halogens is 2. The Balaban J connectivity index is 2.00. The third kappa shape index (κ3) is 4.31. The Bertz CT molecular complexity index is 1630. The molecule has 8 nitrogen and oxygen atoms in total. The van der Waals surface area contributed by atoms with Gasteiger partial charge in [-0.1, -0.05) is 20.8 Å². The molecule has 10 heteroatoms. The van der Waals surface area contributed by atoms with Crippen LogP contribution in [0.15, 0.2) is 52.3 Å². The molecule has 0 aliphatic carbocycles. The van der Waals surface area contributed by atoms with Crippen molar-refractivity contribution in [3.63, 3.8) is 0 Å². The van der Waals surface area contributed by atoms with Gasteiger partial charge >= 0.3 is 0 Å². The summed E-state index contributed by atoms with van der Waals surface area (Å²) in [7, 11) is 1.45. The fourth-order valence-corrected chi connectivity index (χ4v) is 4.10. The Morgan fingerprint density at radius 3 is 2.44 bits per heavy atom. The highest BCUT2D eigenvalue weighted by atomic mass is 19.1. The van der Waals surface area contributed by atoms with E-state index in [1.807, 2.05) is 20.8 Å². The van der Waals surface area contributed by atoms with Crippen LogP contribution in [0.1, 0.15) is 31.9 Å². The van der Waals surface area contributed by atoms with Gasteiger partial charge in [-0.2, -0.15) is 9.78 Å². The molecule has 0 bridgehead atoms. The minimum Gasteiger partial charge on any atom is -0.392 e. The standard InChI is InChI=1S/C26H24F2N4O4/c1-26(2,3)16-5-14-10-30-32(25(36)23(14)20(28)7-16)22-9-17(27)8-18(19(22)12-33)15-6-21(29-13-34)24(35)31(4)11-15/h5-11,13,33H,12H2,1-4H3,(H,29,34). The van der Waals surface area contributed by atoms with Crippen LogP contribution in [0, 0.1) is 11.6 Å². The van der Waals surface area contributed by atoms with E-state index in [1.54, 1.807) is 6.07 Å². The van der Waals surface area contributed by atoms with Crippen molar-refractivity contribution in [1.29, 1.82) is 0 Å². The van der Waals surface area contributed by atoms with Gasteiger partial charge in [-0.15, -0.1) is 0 Å². The second kappa shape index (κ2) is 9.12. The van der Waals surface area contributed by atoms with Crippen molar-refractivity contribution < 1.29 is 18.7 Å². The van der Waals surface area contributed by atoms with Crippen LogP contribution < -0.4 is 16.4 Å². The number of aryl methyl sites for hydroxylation is 1. The number of hydrogen-bond acceptors (Lipinski definition) is 5. The second-order valence-electron chi connectivity index (χ2n) is 9.46. The van der Waals surface area contributed by atoms with E-state index in [0.717, 1.165) is 16.8 Å². The lowest BCUT2D eigenvalue weighted by Crippen LogP contribution is -2.24. The third-order valence-electron chi connectivity index (χ3n) is 5.99. The zero-order chi connectivity index (χ0) is 26.4. The fourth-order valence-electron chi connectivity index (χ4n) is 4.10. The summed E-state index contributed by atoms with van der Waals surface area (Å²) in [6.45, 7) is 5.13. The number of anilines is 1. The number of hydrogen-bond donors (Lipinski definition) is 2. The molecule has 2 aromatic carbocycles. The molecule has 0 aliphatic heterocycles. The number of pyridine rings is 1. The van der Waals surface area contributed by atoms with Crippen molar-refractivity contribution in [2.24, 2.45) is 7.05 Å². The van der Waals surface area contributed by atoms with Crippen LogP contribution in [0.5, 0.6) is 0 Å². The Morgan fingerprint density at radius 2 is 1.81 bits per heavy atom. The Hall–Kier alpha value is -4.18. The number of fused-ring (bicyclic) bond motifs is 1. The molecule has 4 rings (SSSR count). The van der Waals surface area contributed by atoms with Crippen molar-refractivity contribution in [2.75, 3.05) is 5.32 Å². The van der Waals surface area contributed by atoms with Gasteiger partial charge in [-0.3, -0.25) is 14.4 Å². The van der Waals surface area contributed by atoms with E-state index < -0.39 is 29.4 Å². The number of aromatic nitrogens is 3. The van der Waals surface area contributed by atoms with Gasteiger partial charge in [0.1, 0.15) is 17.3 Å².